The van der Waals surface area contributed by atoms with Crippen molar-refractivity contribution >= 4 is 33.8 Å². The molecule has 306 valence electrons. The zero-order chi connectivity index (χ0) is 38.8. The predicted molar refractivity (Wildman–Crippen MR) is 222 cm³/mol. The van der Waals surface area contributed by atoms with Gasteiger partial charge in [-0.25, -0.2) is 9.59 Å². The molecule has 14 heteroatoms. The Morgan fingerprint density at radius 1 is 0.914 bits per heavy atom. The second-order valence-corrected chi connectivity index (χ2v) is 15.1. The molecule has 4 aromatic carbocycles. The van der Waals surface area contributed by atoms with Crippen molar-refractivity contribution in [3.05, 3.63) is 129 Å². The smallest absolute Gasteiger partial charge is 0.419 e. The van der Waals surface area contributed by atoms with Gasteiger partial charge in [-0.2, -0.15) is 0 Å². The van der Waals surface area contributed by atoms with Crippen LogP contribution in [0.5, 0.6) is 5.75 Å². The number of piperidine rings is 3. The molecule has 2 bridgehead atoms. The Balaban J connectivity index is 0.00000283. The number of nitrogens with one attached hydrogen (secondary N) is 2. The highest BCUT2D eigenvalue weighted by Gasteiger charge is 2.41. The average Bonchev–Trinajstić information content (AvgIpc) is 3.52. The molecule has 0 saturated carbocycles. The van der Waals surface area contributed by atoms with Gasteiger partial charge in [-0.15, -0.1) is 0 Å². The van der Waals surface area contributed by atoms with E-state index in [1.165, 1.54) is 12.1 Å². The Hall–Kier alpha value is -5.83. The first-order valence-electron chi connectivity index (χ1n) is 19.5. The molecule has 3 aliphatic heterocycles. The number of aliphatic hydroxyl groups excluding tert-OH is 1. The van der Waals surface area contributed by atoms with Crippen molar-refractivity contribution in [3.8, 4) is 16.9 Å². The summed E-state index contributed by atoms with van der Waals surface area (Å²) in [6, 6.07) is 28.0. The molecule has 2 aromatic heterocycles. The Bertz CT molecular complexity index is 2480. The number of aromatic nitrogens is 2. The molecule has 5 heterocycles. The highest BCUT2D eigenvalue weighted by Crippen LogP contribution is 2.39. The van der Waals surface area contributed by atoms with Crippen LogP contribution in [0.25, 0.3) is 33.1 Å². The number of anilines is 1. The molecule has 5 N–H and O–H groups in total. The van der Waals surface area contributed by atoms with Crippen LogP contribution in [0.2, 0.25) is 0 Å². The van der Waals surface area contributed by atoms with E-state index in [1.807, 2.05) is 48.5 Å². The molecule has 12 nitrogen and oxygen atoms in total. The number of pyridine rings is 1. The van der Waals surface area contributed by atoms with Crippen molar-refractivity contribution in [2.24, 2.45) is 5.92 Å². The van der Waals surface area contributed by atoms with Crippen molar-refractivity contribution in [2.45, 2.75) is 57.2 Å². The van der Waals surface area contributed by atoms with Gasteiger partial charge in [0, 0.05) is 36.7 Å². The number of carbonyl (C=O) groups is 1. The molecular formula is C44H49F2N5O7. The first kappa shape index (κ1) is 41.8. The summed E-state index contributed by atoms with van der Waals surface area (Å²) >= 11 is 0. The van der Waals surface area contributed by atoms with Crippen LogP contribution in [0.4, 0.5) is 19.9 Å². The third-order valence-electron chi connectivity index (χ3n) is 11.6. The number of phenolic OH excluding ortho intramolecular Hbond substituents is 1. The van der Waals surface area contributed by atoms with Gasteiger partial charge in [-0.1, -0.05) is 54.6 Å². The number of halogens is 2. The van der Waals surface area contributed by atoms with Gasteiger partial charge in [0.25, 0.3) is 0 Å². The van der Waals surface area contributed by atoms with Gasteiger partial charge >= 0.3 is 11.8 Å². The van der Waals surface area contributed by atoms with Gasteiger partial charge in [0.15, 0.2) is 5.58 Å². The molecule has 2 atom stereocenters. The van der Waals surface area contributed by atoms with E-state index < -0.39 is 18.0 Å². The number of aryl methyl sites for hydroxylation is 2. The van der Waals surface area contributed by atoms with E-state index >= 15 is 0 Å². The van der Waals surface area contributed by atoms with E-state index in [0.717, 1.165) is 85.2 Å². The third-order valence-corrected chi connectivity index (χ3v) is 11.6. The fourth-order valence-corrected chi connectivity index (χ4v) is 8.65. The molecule has 3 saturated heterocycles. The number of rotatable bonds is 14. The minimum absolute atomic E-state index is 0. The normalized spacial score (nSPS) is 17.8. The van der Waals surface area contributed by atoms with Crippen LogP contribution in [0.15, 0.2) is 105 Å². The molecular weight excluding hydrogens is 749 g/mol. The lowest BCUT2D eigenvalue weighted by Crippen LogP contribution is -2.59. The van der Waals surface area contributed by atoms with E-state index in [4.69, 9.17) is 4.42 Å². The first-order chi connectivity index (χ1) is 27.2. The quantitative estimate of drug-likeness (QED) is 0.0767. The number of amides is 1. The fourth-order valence-electron chi connectivity index (χ4n) is 8.65. The summed E-state index contributed by atoms with van der Waals surface area (Å²) in [7, 11) is 0. The number of fused-ring (bicyclic) bond motifs is 5. The zero-order valence-electron chi connectivity index (χ0n) is 32.0. The van der Waals surface area contributed by atoms with Crippen LogP contribution in [-0.2, 0) is 19.4 Å². The maximum atomic E-state index is 13.0. The minimum Gasteiger partial charge on any atom is -0.506 e. The SMILES string of the molecule is F.F.O=C(O)N(c1cc(CCCCn2c(=O)oc3cc(CCNC[C@H](O)c4ccc(O)c5[nH]c(=O)ccc45)ccc32)ccc1-c1ccccc1)[C@H]1CN2CCC1CC2. The van der Waals surface area contributed by atoms with Crippen LogP contribution in [-0.4, -0.2) is 74.6 Å². The lowest BCUT2D eigenvalue weighted by atomic mass is 9.82. The molecule has 1 amide bonds. The van der Waals surface area contributed by atoms with Crippen molar-refractivity contribution in [1.29, 1.82) is 0 Å². The van der Waals surface area contributed by atoms with E-state index in [-0.39, 0.29) is 33.3 Å². The molecule has 0 aliphatic carbocycles. The third kappa shape index (κ3) is 8.69. The number of hydrogen-bond donors (Lipinski definition) is 5. The van der Waals surface area contributed by atoms with Crippen LogP contribution in [0.1, 0.15) is 48.5 Å². The van der Waals surface area contributed by atoms with Crippen LogP contribution >= 0.6 is 0 Å². The van der Waals surface area contributed by atoms with E-state index in [9.17, 15) is 29.7 Å². The molecule has 0 radical (unpaired) electrons. The molecule has 3 aliphatic rings. The lowest BCUT2D eigenvalue weighted by molar-refractivity contribution is 0.0837. The number of unbranched alkanes of at least 4 members (excludes halogenated alkanes) is 1. The Labute approximate surface area is 333 Å². The number of carboxylic acid groups (broad SMARTS) is 1. The molecule has 0 spiro atoms. The van der Waals surface area contributed by atoms with E-state index in [1.54, 1.807) is 21.6 Å². The minimum atomic E-state index is -0.914. The standard InChI is InChI=1S/C44H47N5O7.2FH/c50-38-15-12-33(34-13-16-41(52)46-42(34)38)39(51)26-45-20-17-29-10-14-35-40(25-29)56-44(55)48(35)21-5-4-6-28-9-11-32(30-7-2-1-3-8-30)36(24-28)49(43(53)54)37-27-47-22-18-31(37)19-23-47;;/h1-3,7-16,24-25,31,37,39,45,50-51H,4-6,17-23,26-27H2,(H,46,52)(H,53,54);2*1H/t37-,39-;;/m0../s1. The number of aromatic amines is 1. The van der Waals surface area contributed by atoms with Crippen LogP contribution in [0.3, 0.4) is 0 Å². The molecule has 58 heavy (non-hydrogen) atoms. The predicted octanol–water partition coefficient (Wildman–Crippen LogP) is 6.58. The number of H-pyrrole nitrogens is 1. The average molecular weight is 798 g/mol. The second-order valence-electron chi connectivity index (χ2n) is 15.1. The highest BCUT2D eigenvalue weighted by atomic mass is 19.0. The van der Waals surface area contributed by atoms with Gasteiger partial charge in [0.1, 0.15) is 5.75 Å². The Morgan fingerprint density at radius 2 is 1.67 bits per heavy atom. The Kier molecular flexibility index (Phi) is 13.1. The zero-order valence-corrected chi connectivity index (χ0v) is 32.0. The Morgan fingerprint density at radius 3 is 2.41 bits per heavy atom. The van der Waals surface area contributed by atoms with Gasteiger partial charge in [-0.3, -0.25) is 23.7 Å². The van der Waals surface area contributed by atoms with Crippen molar-refractivity contribution in [1.82, 2.24) is 19.8 Å². The number of oxazole rings is 1. The number of nitrogens with zero attached hydrogens (tertiary/aromatic N) is 3. The summed E-state index contributed by atoms with van der Waals surface area (Å²) < 4.78 is 7.32. The maximum absolute atomic E-state index is 13.0. The maximum Gasteiger partial charge on any atom is 0.419 e. The number of phenols is 1. The van der Waals surface area contributed by atoms with Crippen molar-refractivity contribution in [3.63, 3.8) is 0 Å². The van der Waals surface area contributed by atoms with Crippen LogP contribution < -0.4 is 21.5 Å². The summed E-state index contributed by atoms with van der Waals surface area (Å²) in [5.41, 5.74) is 6.52. The largest absolute Gasteiger partial charge is 0.506 e. The molecule has 3 fully saturated rings. The molecule has 0 unspecified atom stereocenters. The summed E-state index contributed by atoms with van der Waals surface area (Å²) in [6.45, 7) is 4.17. The van der Waals surface area contributed by atoms with Gasteiger partial charge in [-0.05, 0) is 117 Å². The summed E-state index contributed by atoms with van der Waals surface area (Å²) in [6.07, 6.45) is 3.21. The van der Waals surface area contributed by atoms with Gasteiger partial charge in [0.05, 0.1) is 28.9 Å². The topological polar surface area (TPSA) is 164 Å². The highest BCUT2D eigenvalue weighted by molar-refractivity contribution is 5.94. The summed E-state index contributed by atoms with van der Waals surface area (Å²) in [5.74, 6) is -0.0979. The lowest BCUT2D eigenvalue weighted by Gasteiger charge is -2.48. The van der Waals surface area contributed by atoms with Crippen molar-refractivity contribution in [2.75, 3.05) is 37.6 Å². The monoisotopic (exact) mass is 797 g/mol. The van der Waals surface area contributed by atoms with E-state index in [0.29, 0.717) is 47.5 Å². The number of benzene rings is 4. The van der Waals surface area contributed by atoms with Crippen molar-refractivity contribution < 1.29 is 33.9 Å². The van der Waals surface area contributed by atoms with Gasteiger partial charge < -0.3 is 34.9 Å². The summed E-state index contributed by atoms with van der Waals surface area (Å²) in [4.78, 5) is 44.3. The molecule has 9 rings (SSSR count). The summed E-state index contributed by atoms with van der Waals surface area (Å²) in [5, 5.41) is 35.5. The van der Waals surface area contributed by atoms with E-state index in [2.05, 4.69) is 33.4 Å². The first-order valence-corrected chi connectivity index (χ1v) is 19.5. The number of aliphatic hydroxyl groups is 1. The number of hydrogen-bond acceptors (Lipinski definition) is 8. The van der Waals surface area contributed by atoms with Crippen LogP contribution in [0, 0.1) is 5.92 Å². The number of aromatic hydroxyl groups is 1. The van der Waals surface area contributed by atoms with Gasteiger partial charge in [0.2, 0.25) is 5.56 Å². The molecule has 6 aromatic rings. The fraction of sp³-hybridized carbons (Fsp3) is 0.341. The second kappa shape index (κ2) is 18.2.